The second kappa shape index (κ2) is 7.12. The Hall–Kier alpha value is -2.22. The maximum Gasteiger partial charge on any atom is 0.240 e. The van der Waals surface area contributed by atoms with Crippen LogP contribution >= 0.6 is 0 Å². The summed E-state index contributed by atoms with van der Waals surface area (Å²) >= 11 is 0. The zero-order chi connectivity index (χ0) is 12.5. The van der Waals surface area contributed by atoms with E-state index in [4.69, 9.17) is 10.00 Å². The van der Waals surface area contributed by atoms with Crippen LogP contribution in [0.4, 0.5) is 5.69 Å². The minimum Gasteiger partial charge on any atom is -0.492 e. The van der Waals surface area contributed by atoms with E-state index in [9.17, 15) is 4.79 Å². The van der Waals surface area contributed by atoms with E-state index in [1.54, 1.807) is 0 Å². The van der Waals surface area contributed by atoms with Gasteiger partial charge in [0.25, 0.3) is 0 Å². The molecule has 0 heterocycles. The highest BCUT2D eigenvalue weighted by molar-refractivity contribution is 5.81. The topological polar surface area (TPSA) is 74.2 Å². The number of nitriles is 1. The predicted molar refractivity (Wildman–Crippen MR) is 64.7 cm³/mol. The molecule has 1 aromatic rings. The van der Waals surface area contributed by atoms with Gasteiger partial charge in [0.05, 0.1) is 24.9 Å². The molecule has 2 N–H and O–H groups in total. The molecule has 0 aliphatic rings. The van der Waals surface area contributed by atoms with Crippen LogP contribution in [-0.4, -0.2) is 25.6 Å². The number of amides is 1. The van der Waals surface area contributed by atoms with Crippen molar-refractivity contribution in [1.29, 1.82) is 5.26 Å². The number of carbonyl (C=O) groups is 1. The summed E-state index contributed by atoms with van der Waals surface area (Å²) in [6.07, 6.45) is 0. The zero-order valence-corrected chi connectivity index (χ0v) is 9.69. The van der Waals surface area contributed by atoms with E-state index in [1.807, 2.05) is 37.3 Å². The van der Waals surface area contributed by atoms with Crippen molar-refractivity contribution in [2.75, 3.05) is 25.0 Å². The maximum absolute atomic E-state index is 11.3. The van der Waals surface area contributed by atoms with Crippen molar-refractivity contribution in [3.8, 4) is 11.8 Å². The SMILES string of the molecule is CCOc1ccccc1NCC(=O)NCC#N. The Bertz CT molecular complexity index is 412. The summed E-state index contributed by atoms with van der Waals surface area (Å²) in [5, 5.41) is 13.7. The number of nitrogens with zero attached hydrogens (tertiary/aromatic N) is 1. The number of carbonyl (C=O) groups excluding carboxylic acids is 1. The summed E-state index contributed by atoms with van der Waals surface area (Å²) in [6, 6.07) is 9.24. The molecule has 1 aromatic carbocycles. The third-order valence-corrected chi connectivity index (χ3v) is 1.99. The van der Waals surface area contributed by atoms with Crippen LogP contribution in [0.3, 0.4) is 0 Å². The van der Waals surface area contributed by atoms with Gasteiger partial charge in [-0.15, -0.1) is 0 Å². The number of anilines is 1. The van der Waals surface area contributed by atoms with Crippen LogP contribution in [-0.2, 0) is 4.79 Å². The van der Waals surface area contributed by atoms with Gasteiger partial charge in [-0.2, -0.15) is 5.26 Å². The Morgan fingerprint density at radius 1 is 1.47 bits per heavy atom. The Balaban J connectivity index is 2.51. The van der Waals surface area contributed by atoms with Crippen molar-refractivity contribution >= 4 is 11.6 Å². The number of hydrogen-bond acceptors (Lipinski definition) is 4. The smallest absolute Gasteiger partial charge is 0.240 e. The van der Waals surface area contributed by atoms with E-state index in [2.05, 4.69) is 10.6 Å². The van der Waals surface area contributed by atoms with Crippen LogP contribution in [0.5, 0.6) is 5.75 Å². The first-order chi connectivity index (χ1) is 8.27. The predicted octanol–water partition coefficient (Wildman–Crippen LogP) is 1.14. The van der Waals surface area contributed by atoms with Gasteiger partial charge in [0, 0.05) is 0 Å². The highest BCUT2D eigenvalue weighted by Gasteiger charge is 2.04. The van der Waals surface area contributed by atoms with Gasteiger partial charge in [-0.3, -0.25) is 4.79 Å². The average Bonchev–Trinajstić information content (AvgIpc) is 2.35. The Morgan fingerprint density at radius 2 is 2.24 bits per heavy atom. The number of benzene rings is 1. The van der Waals surface area contributed by atoms with Gasteiger partial charge in [-0.25, -0.2) is 0 Å². The van der Waals surface area contributed by atoms with E-state index in [-0.39, 0.29) is 19.0 Å². The minimum atomic E-state index is -0.224. The molecule has 0 unspecified atom stereocenters. The molecule has 90 valence electrons. The number of para-hydroxylation sites is 2. The van der Waals surface area contributed by atoms with Crippen LogP contribution in [0.1, 0.15) is 6.92 Å². The fraction of sp³-hybridized carbons (Fsp3) is 0.333. The summed E-state index contributed by atoms with van der Waals surface area (Å²) in [5.41, 5.74) is 0.765. The van der Waals surface area contributed by atoms with Gasteiger partial charge in [-0.1, -0.05) is 12.1 Å². The summed E-state index contributed by atoms with van der Waals surface area (Å²) in [5.74, 6) is 0.487. The minimum absolute atomic E-state index is 0.0214. The Kier molecular flexibility index (Phi) is 5.38. The van der Waals surface area contributed by atoms with E-state index >= 15 is 0 Å². The molecule has 0 saturated carbocycles. The first-order valence-electron chi connectivity index (χ1n) is 5.37. The summed E-state index contributed by atoms with van der Waals surface area (Å²) in [4.78, 5) is 11.3. The molecule has 1 rings (SSSR count). The molecule has 0 spiro atoms. The lowest BCUT2D eigenvalue weighted by atomic mass is 10.3. The van der Waals surface area contributed by atoms with Crippen LogP contribution in [0.15, 0.2) is 24.3 Å². The normalized spacial score (nSPS) is 9.18. The molecule has 0 aliphatic carbocycles. The molecule has 1 amide bonds. The molecule has 5 nitrogen and oxygen atoms in total. The van der Waals surface area contributed by atoms with Gasteiger partial charge in [0.15, 0.2) is 0 Å². The Labute approximate surface area is 100 Å². The molecule has 0 fully saturated rings. The van der Waals surface area contributed by atoms with Crippen LogP contribution in [0, 0.1) is 11.3 Å². The molecule has 0 radical (unpaired) electrons. The second-order valence-electron chi connectivity index (χ2n) is 3.22. The second-order valence-corrected chi connectivity index (χ2v) is 3.22. The van der Waals surface area contributed by atoms with Crippen molar-refractivity contribution in [1.82, 2.24) is 5.32 Å². The molecule has 17 heavy (non-hydrogen) atoms. The van der Waals surface area contributed by atoms with Crippen LogP contribution < -0.4 is 15.4 Å². The lowest BCUT2D eigenvalue weighted by Crippen LogP contribution is -2.30. The number of rotatable bonds is 6. The molecule has 0 saturated heterocycles. The molecule has 0 aromatic heterocycles. The van der Waals surface area contributed by atoms with Gasteiger partial charge in [0.1, 0.15) is 12.3 Å². The summed E-state index contributed by atoms with van der Waals surface area (Å²) in [7, 11) is 0. The van der Waals surface area contributed by atoms with Crippen LogP contribution in [0.2, 0.25) is 0 Å². The number of ether oxygens (including phenoxy) is 1. The van der Waals surface area contributed by atoms with Crippen molar-refractivity contribution in [2.45, 2.75) is 6.92 Å². The first-order valence-corrected chi connectivity index (χ1v) is 5.37. The largest absolute Gasteiger partial charge is 0.492 e. The van der Waals surface area contributed by atoms with Gasteiger partial charge in [-0.05, 0) is 19.1 Å². The van der Waals surface area contributed by atoms with Crippen molar-refractivity contribution in [2.24, 2.45) is 0 Å². The van der Waals surface area contributed by atoms with Crippen molar-refractivity contribution < 1.29 is 9.53 Å². The number of hydrogen-bond donors (Lipinski definition) is 2. The van der Waals surface area contributed by atoms with E-state index < -0.39 is 0 Å². The highest BCUT2D eigenvalue weighted by Crippen LogP contribution is 2.23. The van der Waals surface area contributed by atoms with E-state index in [0.717, 1.165) is 5.69 Å². The molecular weight excluding hydrogens is 218 g/mol. The van der Waals surface area contributed by atoms with Gasteiger partial charge >= 0.3 is 0 Å². The van der Waals surface area contributed by atoms with Gasteiger partial charge in [0.2, 0.25) is 5.91 Å². The summed E-state index contributed by atoms with van der Waals surface area (Å²) in [6.45, 7) is 2.61. The van der Waals surface area contributed by atoms with E-state index in [1.165, 1.54) is 0 Å². The molecule has 0 aliphatic heterocycles. The molecule has 0 atom stereocenters. The fourth-order valence-electron chi connectivity index (χ4n) is 1.27. The standard InChI is InChI=1S/C12H15N3O2/c1-2-17-11-6-4-3-5-10(11)15-9-12(16)14-8-7-13/h3-6,15H,2,8-9H2,1H3,(H,14,16). The fourth-order valence-corrected chi connectivity index (χ4v) is 1.27. The quantitative estimate of drug-likeness (QED) is 0.722. The highest BCUT2D eigenvalue weighted by atomic mass is 16.5. The van der Waals surface area contributed by atoms with Crippen LogP contribution in [0.25, 0.3) is 0 Å². The maximum atomic E-state index is 11.3. The monoisotopic (exact) mass is 233 g/mol. The van der Waals surface area contributed by atoms with Crippen molar-refractivity contribution in [3.63, 3.8) is 0 Å². The Morgan fingerprint density at radius 3 is 2.94 bits per heavy atom. The molecule has 0 bridgehead atoms. The lowest BCUT2D eigenvalue weighted by molar-refractivity contribution is -0.119. The number of nitrogens with one attached hydrogen (secondary N) is 2. The van der Waals surface area contributed by atoms with Gasteiger partial charge < -0.3 is 15.4 Å². The third kappa shape index (κ3) is 4.43. The summed E-state index contributed by atoms with van der Waals surface area (Å²) < 4.78 is 5.40. The van der Waals surface area contributed by atoms with Crippen molar-refractivity contribution in [3.05, 3.63) is 24.3 Å². The third-order valence-electron chi connectivity index (χ3n) is 1.99. The molecular formula is C12H15N3O2. The average molecular weight is 233 g/mol. The first kappa shape index (κ1) is 12.8. The molecule has 5 heteroatoms. The lowest BCUT2D eigenvalue weighted by Gasteiger charge is -2.11. The van der Waals surface area contributed by atoms with E-state index in [0.29, 0.717) is 12.4 Å². The zero-order valence-electron chi connectivity index (χ0n) is 9.69.